The largest absolute Gasteiger partial charge is 0.259 e. The van der Waals surface area contributed by atoms with E-state index in [1.54, 1.807) is 36.7 Å². The minimum atomic E-state index is -0.186. The Kier molecular flexibility index (Phi) is 3.06. The van der Waals surface area contributed by atoms with Crippen molar-refractivity contribution >= 4 is 11.3 Å². The molecule has 0 amide bonds. The molecule has 78 valence electrons. The van der Waals surface area contributed by atoms with Crippen LogP contribution in [0.15, 0.2) is 23.8 Å². The molecule has 4 heteroatoms. The summed E-state index contributed by atoms with van der Waals surface area (Å²) >= 11 is 1.60. The maximum atomic E-state index is 13.6. The third-order valence-corrected chi connectivity index (χ3v) is 3.07. The van der Waals surface area contributed by atoms with Crippen molar-refractivity contribution in [3.63, 3.8) is 0 Å². The summed E-state index contributed by atoms with van der Waals surface area (Å²) < 4.78 is 13.6. The average Bonchev–Trinajstić information content (AvgIpc) is 2.73. The van der Waals surface area contributed by atoms with E-state index in [-0.39, 0.29) is 5.82 Å². The number of rotatable bonds is 3. The van der Waals surface area contributed by atoms with E-state index in [1.807, 2.05) is 5.38 Å². The topological polar surface area (TPSA) is 25.8 Å². The zero-order valence-corrected chi connectivity index (χ0v) is 9.22. The maximum Gasteiger partial charge on any atom is 0.147 e. The van der Waals surface area contributed by atoms with Gasteiger partial charge in [0.25, 0.3) is 0 Å². The van der Waals surface area contributed by atoms with Crippen LogP contribution in [-0.4, -0.2) is 9.97 Å². The van der Waals surface area contributed by atoms with Crippen LogP contribution in [0.25, 0.3) is 0 Å². The molecular formula is C11H11FN2S. The molecule has 0 radical (unpaired) electrons. The highest BCUT2D eigenvalue weighted by Gasteiger charge is 2.06. The fourth-order valence-electron chi connectivity index (χ4n) is 1.41. The van der Waals surface area contributed by atoms with E-state index in [9.17, 15) is 4.39 Å². The molecule has 0 aliphatic carbocycles. The molecule has 0 N–H and O–H groups in total. The zero-order valence-electron chi connectivity index (χ0n) is 8.40. The van der Waals surface area contributed by atoms with E-state index >= 15 is 0 Å². The van der Waals surface area contributed by atoms with Crippen molar-refractivity contribution in [1.29, 1.82) is 0 Å². The molecule has 2 aromatic rings. The molecule has 0 atom stereocenters. The Labute approximate surface area is 91.8 Å². The van der Waals surface area contributed by atoms with Crippen molar-refractivity contribution in [3.05, 3.63) is 45.9 Å². The molecule has 0 saturated carbocycles. The maximum absolute atomic E-state index is 13.6. The fraction of sp³-hybridized carbons (Fsp3) is 0.273. The number of pyridine rings is 1. The van der Waals surface area contributed by atoms with Gasteiger partial charge in [0.1, 0.15) is 5.82 Å². The van der Waals surface area contributed by atoms with E-state index in [4.69, 9.17) is 0 Å². The van der Waals surface area contributed by atoms with Gasteiger partial charge in [0.2, 0.25) is 0 Å². The predicted octanol–water partition coefficient (Wildman–Crippen LogP) is 2.77. The third kappa shape index (κ3) is 2.39. The smallest absolute Gasteiger partial charge is 0.147 e. The summed E-state index contributed by atoms with van der Waals surface area (Å²) in [6.45, 7) is 1.68. The highest BCUT2D eigenvalue weighted by atomic mass is 32.1. The van der Waals surface area contributed by atoms with Crippen molar-refractivity contribution in [2.45, 2.75) is 19.8 Å². The first-order valence-corrected chi connectivity index (χ1v) is 5.63. The number of aryl methyl sites for hydroxylation is 3. The zero-order chi connectivity index (χ0) is 10.7. The van der Waals surface area contributed by atoms with Gasteiger partial charge in [0, 0.05) is 24.2 Å². The summed E-state index contributed by atoms with van der Waals surface area (Å²) in [6, 6.07) is 1.73. The minimum Gasteiger partial charge on any atom is -0.259 e. The van der Waals surface area contributed by atoms with Crippen LogP contribution in [0.5, 0.6) is 0 Å². The lowest BCUT2D eigenvalue weighted by Crippen LogP contribution is -1.98. The van der Waals surface area contributed by atoms with Gasteiger partial charge in [-0.25, -0.2) is 9.37 Å². The lowest BCUT2D eigenvalue weighted by atomic mass is 10.1. The van der Waals surface area contributed by atoms with Gasteiger partial charge in [-0.3, -0.25) is 4.98 Å². The van der Waals surface area contributed by atoms with Crippen LogP contribution in [0.2, 0.25) is 0 Å². The summed E-state index contributed by atoms with van der Waals surface area (Å²) in [6.07, 6.45) is 4.89. The number of thiazole rings is 1. The minimum absolute atomic E-state index is 0.186. The first kappa shape index (κ1) is 10.2. The number of hydrogen-bond donors (Lipinski definition) is 0. The molecule has 0 aliphatic rings. The Morgan fingerprint density at radius 2 is 2.13 bits per heavy atom. The number of aromatic nitrogens is 2. The number of nitrogens with zero attached hydrogens (tertiary/aromatic N) is 2. The molecule has 0 saturated heterocycles. The quantitative estimate of drug-likeness (QED) is 0.798. The highest BCUT2D eigenvalue weighted by molar-refractivity contribution is 7.09. The average molecular weight is 222 g/mol. The van der Waals surface area contributed by atoms with Gasteiger partial charge >= 0.3 is 0 Å². The molecule has 0 aliphatic heterocycles. The number of halogens is 1. The van der Waals surface area contributed by atoms with Crippen LogP contribution < -0.4 is 0 Å². The molecule has 2 rings (SSSR count). The predicted molar refractivity (Wildman–Crippen MR) is 58.5 cm³/mol. The van der Waals surface area contributed by atoms with E-state index < -0.39 is 0 Å². The molecular weight excluding hydrogens is 211 g/mol. The van der Waals surface area contributed by atoms with Gasteiger partial charge < -0.3 is 0 Å². The van der Waals surface area contributed by atoms with Crippen molar-refractivity contribution in [2.75, 3.05) is 0 Å². The Morgan fingerprint density at radius 1 is 1.27 bits per heavy atom. The Hall–Kier alpha value is -1.29. The van der Waals surface area contributed by atoms with Crippen LogP contribution >= 0.6 is 11.3 Å². The van der Waals surface area contributed by atoms with Gasteiger partial charge in [-0.1, -0.05) is 0 Å². The molecule has 0 fully saturated rings. The summed E-state index contributed by atoms with van der Waals surface area (Å²) in [4.78, 5) is 8.06. The van der Waals surface area contributed by atoms with E-state index in [2.05, 4.69) is 9.97 Å². The molecule has 2 heterocycles. The molecule has 2 nitrogen and oxygen atoms in total. The second-order valence-electron chi connectivity index (χ2n) is 3.30. The second kappa shape index (κ2) is 4.49. The van der Waals surface area contributed by atoms with Gasteiger partial charge in [0.05, 0.1) is 10.7 Å². The summed E-state index contributed by atoms with van der Waals surface area (Å²) in [5, 5.41) is 2.98. The first-order chi connectivity index (χ1) is 7.27. The van der Waals surface area contributed by atoms with Gasteiger partial charge in [-0.2, -0.15) is 0 Å². The first-order valence-electron chi connectivity index (χ1n) is 4.75. The molecule has 0 unspecified atom stereocenters. The Bertz CT molecular complexity index is 440. The van der Waals surface area contributed by atoms with Crippen molar-refractivity contribution in [3.8, 4) is 0 Å². The Morgan fingerprint density at radius 3 is 2.87 bits per heavy atom. The van der Waals surface area contributed by atoms with Crippen molar-refractivity contribution < 1.29 is 4.39 Å². The molecule has 0 spiro atoms. The lowest BCUT2D eigenvalue weighted by Gasteiger charge is -2.02. The second-order valence-corrected chi connectivity index (χ2v) is 4.27. The normalized spacial score (nSPS) is 10.5. The van der Waals surface area contributed by atoms with Crippen LogP contribution in [0.3, 0.4) is 0 Å². The van der Waals surface area contributed by atoms with Gasteiger partial charge in [-0.05, 0) is 25.0 Å². The summed E-state index contributed by atoms with van der Waals surface area (Å²) in [5.74, 6) is -0.186. The lowest BCUT2D eigenvalue weighted by molar-refractivity contribution is 0.591. The molecule has 0 aromatic carbocycles. The summed E-state index contributed by atoms with van der Waals surface area (Å²) in [7, 11) is 0. The fourth-order valence-corrected chi connectivity index (χ4v) is 2.03. The van der Waals surface area contributed by atoms with Crippen LogP contribution in [0, 0.1) is 12.7 Å². The van der Waals surface area contributed by atoms with Crippen molar-refractivity contribution in [2.24, 2.45) is 0 Å². The standard InChI is InChI=1S/C11H11FN2S/c1-8-11(12)9(4-5-13-8)2-3-10-14-6-7-15-10/h4-7H,2-3H2,1H3. The molecule has 15 heavy (non-hydrogen) atoms. The van der Waals surface area contributed by atoms with Crippen LogP contribution in [0.4, 0.5) is 4.39 Å². The third-order valence-electron chi connectivity index (χ3n) is 2.24. The number of hydrogen-bond acceptors (Lipinski definition) is 3. The highest BCUT2D eigenvalue weighted by Crippen LogP contribution is 2.13. The van der Waals surface area contributed by atoms with Crippen LogP contribution in [-0.2, 0) is 12.8 Å². The van der Waals surface area contributed by atoms with Crippen LogP contribution in [0.1, 0.15) is 16.3 Å². The summed E-state index contributed by atoms with van der Waals surface area (Å²) in [5.41, 5.74) is 1.18. The monoisotopic (exact) mass is 222 g/mol. The van der Waals surface area contributed by atoms with Crippen molar-refractivity contribution in [1.82, 2.24) is 9.97 Å². The molecule has 0 bridgehead atoms. The molecule has 2 aromatic heterocycles. The van der Waals surface area contributed by atoms with Gasteiger partial charge in [-0.15, -0.1) is 11.3 Å². The van der Waals surface area contributed by atoms with E-state index in [0.29, 0.717) is 12.1 Å². The Balaban J connectivity index is 2.08. The SMILES string of the molecule is Cc1nccc(CCc2nccs2)c1F. The van der Waals surface area contributed by atoms with E-state index in [1.165, 1.54) is 0 Å². The van der Waals surface area contributed by atoms with E-state index in [0.717, 1.165) is 17.0 Å². The van der Waals surface area contributed by atoms with Gasteiger partial charge in [0.15, 0.2) is 0 Å².